The summed E-state index contributed by atoms with van der Waals surface area (Å²) in [6, 6.07) is 6.23. The fraction of sp³-hybridized carbons (Fsp3) is 0.316. The van der Waals surface area contributed by atoms with Crippen LogP contribution in [0.2, 0.25) is 0 Å². The van der Waals surface area contributed by atoms with Crippen LogP contribution in [-0.2, 0) is 32.3 Å². The third-order valence-electron chi connectivity index (χ3n) is 4.44. The molecule has 0 unspecified atom stereocenters. The van der Waals surface area contributed by atoms with Crippen molar-refractivity contribution in [1.29, 1.82) is 5.26 Å². The first-order chi connectivity index (χ1) is 14.2. The molecule has 8 nitrogen and oxygen atoms in total. The number of hydrogen-bond donors (Lipinski definition) is 1. The highest BCUT2D eigenvalue weighted by Gasteiger charge is 2.29. The van der Waals surface area contributed by atoms with Crippen molar-refractivity contribution in [3.8, 4) is 6.07 Å². The molecule has 1 N–H and O–H groups in total. The summed E-state index contributed by atoms with van der Waals surface area (Å²) in [5.74, 6) is -2.24. The molecule has 0 aliphatic carbocycles. The molecule has 1 aliphatic rings. The lowest BCUT2D eigenvalue weighted by Crippen LogP contribution is -2.35. The number of thiophene rings is 1. The number of fused-ring (bicyclic) bond motifs is 1. The van der Waals surface area contributed by atoms with Crippen molar-refractivity contribution in [2.24, 2.45) is 0 Å². The Morgan fingerprint density at radius 2 is 2.03 bits per heavy atom. The fourth-order valence-electron chi connectivity index (χ4n) is 3.04. The monoisotopic (exact) mass is 451 g/mol. The Balaban J connectivity index is 1.76. The van der Waals surface area contributed by atoms with Gasteiger partial charge in [0.1, 0.15) is 22.6 Å². The molecule has 0 saturated heterocycles. The van der Waals surface area contributed by atoms with E-state index in [1.54, 1.807) is 6.92 Å². The number of nitriles is 1. The minimum atomic E-state index is -3.97. The van der Waals surface area contributed by atoms with Gasteiger partial charge < -0.3 is 15.0 Å². The van der Waals surface area contributed by atoms with E-state index in [1.165, 1.54) is 4.90 Å². The van der Waals surface area contributed by atoms with Crippen LogP contribution in [0.25, 0.3) is 0 Å². The molecule has 3 rings (SSSR count). The molecule has 0 saturated carbocycles. The topological polar surface area (TPSA) is 117 Å². The molecule has 11 heteroatoms. The van der Waals surface area contributed by atoms with Gasteiger partial charge in [0, 0.05) is 11.4 Å². The summed E-state index contributed by atoms with van der Waals surface area (Å²) in [4.78, 5) is 26.4. The molecule has 1 aliphatic heterocycles. The van der Waals surface area contributed by atoms with Gasteiger partial charge in [-0.25, -0.2) is 17.6 Å². The Bertz CT molecular complexity index is 1120. The van der Waals surface area contributed by atoms with E-state index in [0.717, 1.165) is 46.0 Å². The minimum absolute atomic E-state index is 0.171. The number of nitrogens with zero attached hydrogens (tertiary/aromatic N) is 2. The van der Waals surface area contributed by atoms with Crippen LogP contribution in [0.4, 0.5) is 14.2 Å². The summed E-state index contributed by atoms with van der Waals surface area (Å²) in [5, 5.41) is 12.3. The molecule has 2 aromatic rings. The van der Waals surface area contributed by atoms with Crippen LogP contribution in [0.5, 0.6) is 0 Å². The SMILES string of the molecule is CCOC(=O)N1CCc2c(sc(NC(=O)CS(=O)(=O)c3ccc(F)cc3)c2C#N)C1. The Morgan fingerprint density at radius 3 is 2.67 bits per heavy atom. The van der Waals surface area contributed by atoms with Gasteiger partial charge in [-0.1, -0.05) is 0 Å². The lowest BCUT2D eigenvalue weighted by atomic mass is 10.0. The first kappa shape index (κ1) is 21.7. The molecule has 1 aromatic heterocycles. The summed E-state index contributed by atoms with van der Waals surface area (Å²) in [5.41, 5.74) is 1.01. The largest absolute Gasteiger partial charge is 0.450 e. The standard InChI is InChI=1S/C19H18FN3O5S2/c1-2-28-19(25)23-8-7-14-15(9-21)18(29-16(14)10-23)22-17(24)11-30(26,27)13-5-3-12(20)4-6-13/h3-6H,2,7-8,10-11H2,1H3,(H,22,24). The van der Waals surface area contributed by atoms with Gasteiger partial charge in [0.2, 0.25) is 5.91 Å². The molecule has 2 heterocycles. The number of carbonyl (C=O) groups is 2. The van der Waals surface area contributed by atoms with Gasteiger partial charge in [0.25, 0.3) is 0 Å². The first-order valence-corrected chi connectivity index (χ1v) is 11.5. The maximum absolute atomic E-state index is 13.0. The lowest BCUT2D eigenvalue weighted by Gasteiger charge is -2.25. The van der Waals surface area contributed by atoms with E-state index >= 15 is 0 Å². The quantitative estimate of drug-likeness (QED) is 0.699. The molecule has 0 fully saturated rings. The fourth-order valence-corrected chi connectivity index (χ4v) is 5.41. The summed E-state index contributed by atoms with van der Waals surface area (Å²) >= 11 is 1.13. The summed E-state index contributed by atoms with van der Waals surface area (Å²) in [7, 11) is -3.97. The maximum Gasteiger partial charge on any atom is 0.410 e. The Morgan fingerprint density at radius 1 is 1.33 bits per heavy atom. The number of hydrogen-bond acceptors (Lipinski definition) is 7. The molecule has 1 aromatic carbocycles. The van der Waals surface area contributed by atoms with E-state index < -0.39 is 33.4 Å². The normalized spacial score (nSPS) is 13.3. The lowest BCUT2D eigenvalue weighted by molar-refractivity contribution is -0.113. The molecule has 30 heavy (non-hydrogen) atoms. The number of halogens is 1. The number of anilines is 1. The van der Waals surface area contributed by atoms with Gasteiger partial charge in [-0.15, -0.1) is 11.3 Å². The van der Waals surface area contributed by atoms with Gasteiger partial charge in [-0.2, -0.15) is 5.26 Å². The third kappa shape index (κ3) is 4.60. The highest BCUT2D eigenvalue weighted by atomic mass is 32.2. The van der Waals surface area contributed by atoms with E-state index in [9.17, 15) is 27.7 Å². The average Bonchev–Trinajstić information content (AvgIpc) is 3.03. The summed E-state index contributed by atoms with van der Waals surface area (Å²) in [6.45, 7) is 2.58. The van der Waals surface area contributed by atoms with E-state index in [2.05, 4.69) is 5.32 Å². The van der Waals surface area contributed by atoms with E-state index in [0.29, 0.717) is 13.0 Å². The Kier molecular flexibility index (Phi) is 6.38. The Labute approximate surface area is 176 Å². The van der Waals surface area contributed by atoms with Gasteiger partial charge >= 0.3 is 6.09 Å². The van der Waals surface area contributed by atoms with Crippen molar-refractivity contribution in [3.63, 3.8) is 0 Å². The van der Waals surface area contributed by atoms with E-state index in [-0.39, 0.29) is 28.6 Å². The number of sulfone groups is 1. The molecule has 0 bridgehead atoms. The van der Waals surface area contributed by atoms with Crippen LogP contribution in [0.1, 0.15) is 22.9 Å². The third-order valence-corrected chi connectivity index (χ3v) is 7.21. The molecule has 0 atom stereocenters. The predicted octanol–water partition coefficient (Wildman–Crippen LogP) is 2.69. The van der Waals surface area contributed by atoms with Crippen LogP contribution in [0.15, 0.2) is 29.2 Å². The molecule has 0 radical (unpaired) electrons. The number of amides is 2. The average molecular weight is 452 g/mol. The predicted molar refractivity (Wildman–Crippen MR) is 107 cm³/mol. The smallest absolute Gasteiger partial charge is 0.410 e. The van der Waals surface area contributed by atoms with Crippen LogP contribution >= 0.6 is 11.3 Å². The number of rotatable bonds is 5. The van der Waals surface area contributed by atoms with Gasteiger partial charge in [-0.05, 0) is 43.2 Å². The van der Waals surface area contributed by atoms with Crippen LogP contribution in [-0.4, -0.2) is 44.2 Å². The van der Waals surface area contributed by atoms with Crippen LogP contribution in [0.3, 0.4) is 0 Å². The number of carbonyl (C=O) groups excluding carboxylic acids is 2. The maximum atomic E-state index is 13.0. The van der Waals surface area contributed by atoms with Crippen molar-refractivity contribution < 1.29 is 27.1 Å². The molecular weight excluding hydrogens is 433 g/mol. The second kappa shape index (κ2) is 8.81. The summed E-state index contributed by atoms with van der Waals surface area (Å²) in [6.07, 6.45) is -0.0249. The summed E-state index contributed by atoms with van der Waals surface area (Å²) < 4.78 is 42.7. The minimum Gasteiger partial charge on any atom is -0.450 e. The molecule has 158 valence electrons. The van der Waals surface area contributed by atoms with E-state index in [1.807, 2.05) is 6.07 Å². The second-order valence-corrected chi connectivity index (χ2v) is 9.55. The van der Waals surface area contributed by atoms with Crippen molar-refractivity contribution >= 4 is 38.2 Å². The number of nitrogens with one attached hydrogen (secondary N) is 1. The van der Waals surface area contributed by atoms with Gasteiger partial charge in [-0.3, -0.25) is 4.79 Å². The van der Waals surface area contributed by atoms with E-state index in [4.69, 9.17) is 4.74 Å². The van der Waals surface area contributed by atoms with Crippen molar-refractivity contribution in [2.75, 3.05) is 24.2 Å². The highest BCUT2D eigenvalue weighted by Crippen LogP contribution is 2.36. The van der Waals surface area contributed by atoms with Gasteiger partial charge in [0.05, 0.1) is 23.6 Å². The van der Waals surface area contributed by atoms with Crippen LogP contribution < -0.4 is 5.32 Å². The molecular formula is C19H18FN3O5S2. The molecule has 2 amide bonds. The first-order valence-electron chi connectivity index (χ1n) is 8.99. The highest BCUT2D eigenvalue weighted by molar-refractivity contribution is 7.92. The van der Waals surface area contributed by atoms with Crippen molar-refractivity contribution in [1.82, 2.24) is 4.90 Å². The Hall–Kier alpha value is -2.97. The zero-order chi connectivity index (χ0) is 21.9. The van der Waals surface area contributed by atoms with Crippen LogP contribution in [0, 0.1) is 17.1 Å². The zero-order valence-corrected chi connectivity index (χ0v) is 17.6. The van der Waals surface area contributed by atoms with Crippen molar-refractivity contribution in [3.05, 3.63) is 46.1 Å². The molecule has 0 spiro atoms. The number of benzene rings is 1. The van der Waals surface area contributed by atoms with Crippen molar-refractivity contribution in [2.45, 2.75) is 24.8 Å². The van der Waals surface area contributed by atoms with Gasteiger partial charge in [0.15, 0.2) is 9.84 Å². The second-order valence-electron chi connectivity index (χ2n) is 6.45. The number of ether oxygens (including phenoxy) is 1. The zero-order valence-electron chi connectivity index (χ0n) is 16.0.